The van der Waals surface area contributed by atoms with Gasteiger partial charge in [-0.1, -0.05) is 128 Å². The van der Waals surface area contributed by atoms with Gasteiger partial charge >= 0.3 is 17.9 Å². The van der Waals surface area contributed by atoms with E-state index in [0.29, 0.717) is 28.7 Å². The third-order valence-electron chi connectivity index (χ3n) is 7.45. The van der Waals surface area contributed by atoms with Crippen LogP contribution >= 0.6 is 0 Å². The molecule has 0 saturated heterocycles. The van der Waals surface area contributed by atoms with Crippen LogP contribution in [0, 0.1) is 0 Å². The lowest BCUT2D eigenvalue weighted by molar-refractivity contribution is -0.164. The van der Waals surface area contributed by atoms with Gasteiger partial charge in [0.15, 0.2) is 23.4 Å². The average molecular weight is 648 g/mol. The minimum Gasteiger partial charge on any atom is -0.480 e. The first-order valence-electron chi connectivity index (χ1n) is 14.6. The molecule has 0 saturated carbocycles. The number of hydrogen-bond donors (Lipinski definition) is 6. The molecular weight excluding hydrogens is 606 g/mol. The summed E-state index contributed by atoms with van der Waals surface area (Å²) >= 11 is 0. The molecule has 0 spiro atoms. The van der Waals surface area contributed by atoms with E-state index >= 15 is 0 Å². The Balaban J connectivity index is 0.000000273. The van der Waals surface area contributed by atoms with Crippen LogP contribution in [0.2, 0.25) is 0 Å². The van der Waals surface area contributed by atoms with Crippen LogP contribution in [0.5, 0.6) is 0 Å². The fourth-order valence-electron chi connectivity index (χ4n) is 4.92. The van der Waals surface area contributed by atoms with Crippen molar-refractivity contribution in [2.24, 2.45) is 5.73 Å². The highest BCUT2D eigenvalue weighted by atomic mass is 16.5. The molecule has 3 atom stereocenters. The highest BCUT2D eigenvalue weighted by Crippen LogP contribution is 2.38. The Bertz CT molecular complexity index is 1330. The topological polar surface area (TPSA) is 197 Å². The monoisotopic (exact) mass is 647 g/mol. The molecule has 47 heavy (non-hydrogen) atoms. The standard InChI is InChI=1S/2C16H16O4.C4H9NO2/c2*1-20-16(14(17)15(18)19,12-8-4-2-5-9-12)13-10-6-3-7-11-13;1-2-3(5)4(6)7/h2*2-11,14,17H,1H3,(H,18,19);3H,2,5H2,1H3,(H,6,7)/t2*14-;3-/m110/s1. The van der Waals surface area contributed by atoms with Crippen molar-refractivity contribution in [3.8, 4) is 0 Å². The maximum Gasteiger partial charge on any atom is 0.336 e. The number of rotatable bonds is 12. The van der Waals surface area contributed by atoms with Crippen LogP contribution in [-0.4, -0.2) is 75.9 Å². The Morgan fingerprint density at radius 2 is 0.787 bits per heavy atom. The number of aliphatic hydroxyl groups is 2. The zero-order valence-corrected chi connectivity index (χ0v) is 26.3. The third kappa shape index (κ3) is 9.09. The van der Waals surface area contributed by atoms with Crippen molar-refractivity contribution in [3.63, 3.8) is 0 Å². The second-order valence-electron chi connectivity index (χ2n) is 10.2. The van der Waals surface area contributed by atoms with E-state index < -0.39 is 47.4 Å². The summed E-state index contributed by atoms with van der Waals surface area (Å²) < 4.78 is 11.0. The van der Waals surface area contributed by atoms with E-state index in [2.05, 4.69) is 0 Å². The Labute approximate surface area is 273 Å². The van der Waals surface area contributed by atoms with Crippen LogP contribution in [0.15, 0.2) is 121 Å². The van der Waals surface area contributed by atoms with Crippen molar-refractivity contribution in [2.75, 3.05) is 14.2 Å². The van der Waals surface area contributed by atoms with Crippen LogP contribution < -0.4 is 5.73 Å². The third-order valence-corrected chi connectivity index (χ3v) is 7.45. The van der Waals surface area contributed by atoms with Crippen molar-refractivity contribution >= 4 is 17.9 Å². The number of benzene rings is 4. The number of carboxylic acid groups (broad SMARTS) is 3. The molecule has 0 radical (unpaired) electrons. The first-order valence-corrected chi connectivity index (χ1v) is 14.6. The molecule has 0 aliphatic carbocycles. The summed E-state index contributed by atoms with van der Waals surface area (Å²) in [6, 6.07) is 34.7. The Morgan fingerprint density at radius 1 is 0.553 bits per heavy atom. The Kier molecular flexibility index (Phi) is 14.9. The predicted molar refractivity (Wildman–Crippen MR) is 175 cm³/mol. The largest absolute Gasteiger partial charge is 0.480 e. The molecule has 0 heterocycles. The lowest BCUT2D eigenvalue weighted by Gasteiger charge is -2.35. The Hall–Kier alpha value is -4.91. The number of carbonyl (C=O) groups is 3. The van der Waals surface area contributed by atoms with Gasteiger partial charge in [-0.3, -0.25) is 4.79 Å². The number of aliphatic carboxylic acids is 3. The Morgan fingerprint density at radius 3 is 0.915 bits per heavy atom. The molecule has 7 N–H and O–H groups in total. The summed E-state index contributed by atoms with van der Waals surface area (Å²) in [5.74, 6) is -3.60. The highest BCUT2D eigenvalue weighted by Gasteiger charge is 2.47. The fourth-order valence-corrected chi connectivity index (χ4v) is 4.92. The molecule has 0 aromatic heterocycles. The van der Waals surface area contributed by atoms with E-state index in [4.69, 9.17) is 20.3 Å². The summed E-state index contributed by atoms with van der Waals surface area (Å²) in [5, 5.41) is 47.0. The van der Waals surface area contributed by atoms with Crippen LogP contribution in [0.25, 0.3) is 0 Å². The summed E-state index contributed by atoms with van der Waals surface area (Å²) in [7, 11) is 2.79. The molecule has 0 amide bonds. The van der Waals surface area contributed by atoms with Crippen LogP contribution in [0.4, 0.5) is 0 Å². The van der Waals surface area contributed by atoms with Crippen molar-refractivity contribution in [1.29, 1.82) is 0 Å². The van der Waals surface area contributed by atoms with E-state index in [1.807, 2.05) is 24.3 Å². The summed E-state index contributed by atoms with van der Waals surface area (Å²) in [4.78, 5) is 32.4. The molecule has 0 aliphatic heterocycles. The van der Waals surface area contributed by atoms with Crippen molar-refractivity contribution in [3.05, 3.63) is 144 Å². The fraction of sp³-hybridized carbons (Fsp3) is 0.250. The van der Waals surface area contributed by atoms with Gasteiger partial charge in [-0.05, 0) is 28.7 Å². The van der Waals surface area contributed by atoms with Gasteiger partial charge in [-0.2, -0.15) is 0 Å². The maximum atomic E-state index is 11.3. The van der Waals surface area contributed by atoms with Gasteiger partial charge in [0.05, 0.1) is 0 Å². The predicted octanol–water partition coefficient (Wildman–Crippen LogP) is 3.85. The van der Waals surface area contributed by atoms with E-state index in [-0.39, 0.29) is 0 Å². The van der Waals surface area contributed by atoms with Crippen molar-refractivity contribution in [1.82, 2.24) is 0 Å². The second kappa shape index (κ2) is 18.3. The quantitative estimate of drug-likeness (QED) is 0.131. The minimum atomic E-state index is -1.71. The first kappa shape index (κ1) is 38.3. The normalized spacial score (nSPS) is 13.0. The molecule has 4 aromatic carbocycles. The van der Waals surface area contributed by atoms with E-state index in [1.54, 1.807) is 104 Å². The van der Waals surface area contributed by atoms with Gasteiger partial charge in [-0.25, -0.2) is 9.59 Å². The van der Waals surface area contributed by atoms with E-state index in [0.717, 1.165) is 0 Å². The number of nitrogens with two attached hydrogens (primary N) is 1. The summed E-state index contributed by atoms with van der Waals surface area (Å²) in [6.07, 6.45) is -2.93. The van der Waals surface area contributed by atoms with Gasteiger partial charge in [0.25, 0.3) is 0 Å². The maximum absolute atomic E-state index is 11.3. The number of carboxylic acids is 3. The number of ether oxygens (including phenoxy) is 2. The van der Waals surface area contributed by atoms with Crippen LogP contribution in [0.3, 0.4) is 0 Å². The van der Waals surface area contributed by atoms with Gasteiger partial charge in [0.2, 0.25) is 0 Å². The first-order chi connectivity index (χ1) is 22.4. The summed E-state index contributed by atoms with van der Waals surface area (Å²) in [6.45, 7) is 1.73. The summed E-state index contributed by atoms with van der Waals surface area (Å²) in [5.41, 5.74) is 4.49. The van der Waals surface area contributed by atoms with Gasteiger partial charge in [-0.15, -0.1) is 0 Å². The SMILES string of the molecule is CC[C@H](N)C(=O)O.COC(c1ccccc1)(c1ccccc1)[C@H](O)C(=O)O.COC(c1ccccc1)(c1ccccc1)[C@H](O)C(=O)O. The van der Waals surface area contributed by atoms with E-state index in [1.165, 1.54) is 14.2 Å². The van der Waals surface area contributed by atoms with Crippen molar-refractivity contribution < 1.29 is 49.4 Å². The van der Waals surface area contributed by atoms with Gasteiger partial charge < -0.3 is 40.7 Å². The van der Waals surface area contributed by atoms with Gasteiger partial charge in [0, 0.05) is 14.2 Å². The zero-order chi connectivity index (χ0) is 35.0. The second-order valence-corrected chi connectivity index (χ2v) is 10.2. The molecule has 0 bridgehead atoms. The van der Waals surface area contributed by atoms with Gasteiger partial charge in [0.1, 0.15) is 6.04 Å². The molecular formula is C36H41NO10. The molecule has 0 aliphatic rings. The smallest absolute Gasteiger partial charge is 0.336 e. The molecule has 0 unspecified atom stereocenters. The average Bonchev–Trinajstić information content (AvgIpc) is 3.11. The molecule has 4 aromatic rings. The lowest BCUT2D eigenvalue weighted by Crippen LogP contribution is -2.47. The zero-order valence-electron chi connectivity index (χ0n) is 26.3. The van der Waals surface area contributed by atoms with E-state index in [9.17, 15) is 34.8 Å². The molecule has 0 fully saturated rings. The van der Waals surface area contributed by atoms with Crippen LogP contribution in [-0.2, 0) is 35.1 Å². The number of hydrogen-bond acceptors (Lipinski definition) is 8. The molecule has 250 valence electrons. The molecule has 4 rings (SSSR count). The molecule has 11 heteroatoms. The lowest BCUT2D eigenvalue weighted by atomic mass is 9.81. The minimum absolute atomic E-state index is 0.495. The number of aliphatic hydroxyl groups excluding tert-OH is 2. The van der Waals surface area contributed by atoms with Crippen molar-refractivity contribution in [2.45, 2.75) is 42.8 Å². The van der Waals surface area contributed by atoms with Crippen LogP contribution in [0.1, 0.15) is 35.6 Å². The number of methoxy groups -OCH3 is 2. The molecule has 11 nitrogen and oxygen atoms in total. The highest BCUT2D eigenvalue weighted by molar-refractivity contribution is 5.76.